The van der Waals surface area contributed by atoms with Gasteiger partial charge in [0, 0.05) is 4.47 Å². The smallest absolute Gasteiger partial charge is 0.312 e. The molecule has 1 aromatic rings. The van der Waals surface area contributed by atoms with Crippen LogP contribution in [0, 0.1) is 5.41 Å². The zero-order valence-corrected chi connectivity index (χ0v) is 13.5. The fraction of sp³-hybridized carbons (Fsp3) is 0.562. The highest BCUT2D eigenvalue weighted by atomic mass is 79.9. The van der Waals surface area contributed by atoms with Crippen molar-refractivity contribution in [2.45, 2.75) is 39.2 Å². The molecule has 0 bridgehead atoms. The van der Waals surface area contributed by atoms with Crippen LogP contribution in [-0.4, -0.2) is 19.1 Å². The summed E-state index contributed by atoms with van der Waals surface area (Å²) in [4.78, 5) is 12.5. The van der Waals surface area contributed by atoms with E-state index >= 15 is 0 Å². The summed E-state index contributed by atoms with van der Waals surface area (Å²) in [5, 5.41) is 3.32. The predicted octanol–water partition coefficient (Wildman–Crippen LogP) is 3.66. The summed E-state index contributed by atoms with van der Waals surface area (Å²) in [5.41, 5.74) is 0.750. The third kappa shape index (κ3) is 3.83. The van der Waals surface area contributed by atoms with Crippen LogP contribution in [0.15, 0.2) is 28.7 Å². The number of carbonyl (C=O) groups excluding carboxylic acids is 1. The molecule has 4 heteroatoms. The maximum absolute atomic E-state index is 12.5. The summed E-state index contributed by atoms with van der Waals surface area (Å²) in [6, 6.07) is 7.89. The Morgan fingerprint density at radius 2 is 2.15 bits per heavy atom. The Morgan fingerprint density at radius 3 is 2.80 bits per heavy atom. The summed E-state index contributed by atoms with van der Waals surface area (Å²) in [5.74, 6) is -0.0270. The van der Waals surface area contributed by atoms with Crippen LogP contribution in [0.3, 0.4) is 0 Å². The van der Waals surface area contributed by atoms with E-state index in [4.69, 9.17) is 4.74 Å². The highest BCUT2D eigenvalue weighted by Gasteiger charge is 2.39. The summed E-state index contributed by atoms with van der Waals surface area (Å²) in [6.45, 7) is 4.31. The molecule has 1 aromatic carbocycles. The molecule has 0 atom stereocenters. The van der Waals surface area contributed by atoms with Crippen molar-refractivity contribution in [2.24, 2.45) is 5.41 Å². The first-order valence-electron chi connectivity index (χ1n) is 7.29. The van der Waals surface area contributed by atoms with Gasteiger partial charge in [-0.2, -0.15) is 0 Å². The first kappa shape index (κ1) is 15.5. The van der Waals surface area contributed by atoms with Crippen molar-refractivity contribution in [2.75, 3.05) is 13.1 Å². The van der Waals surface area contributed by atoms with Crippen molar-refractivity contribution in [1.82, 2.24) is 5.32 Å². The fourth-order valence-corrected chi connectivity index (χ4v) is 3.32. The number of rotatable bonds is 5. The number of carbonyl (C=O) groups is 1. The molecule has 0 aliphatic carbocycles. The second kappa shape index (κ2) is 7.23. The standard InChI is InChI=1S/C16H22BrNO2/c1-2-6-16(7-9-18-10-8-16)15(19)20-12-13-4-3-5-14(17)11-13/h3-5,11,18H,2,6-10,12H2,1H3. The van der Waals surface area contributed by atoms with Gasteiger partial charge in [-0.25, -0.2) is 0 Å². The normalized spacial score (nSPS) is 17.7. The summed E-state index contributed by atoms with van der Waals surface area (Å²) >= 11 is 3.43. The van der Waals surface area contributed by atoms with Gasteiger partial charge in [0.15, 0.2) is 0 Å². The molecule has 1 aliphatic heterocycles. The van der Waals surface area contributed by atoms with E-state index in [2.05, 4.69) is 28.2 Å². The van der Waals surface area contributed by atoms with Crippen molar-refractivity contribution in [3.05, 3.63) is 34.3 Å². The molecule has 1 aliphatic rings. The van der Waals surface area contributed by atoms with Crippen LogP contribution in [0.1, 0.15) is 38.2 Å². The van der Waals surface area contributed by atoms with Crippen LogP contribution >= 0.6 is 15.9 Å². The predicted molar refractivity (Wildman–Crippen MR) is 83.4 cm³/mol. The van der Waals surface area contributed by atoms with Crippen LogP contribution in [0.25, 0.3) is 0 Å². The molecule has 1 heterocycles. The molecule has 0 amide bonds. The molecule has 0 unspecified atom stereocenters. The molecular weight excluding hydrogens is 318 g/mol. The first-order valence-corrected chi connectivity index (χ1v) is 8.08. The number of halogens is 1. The second-order valence-electron chi connectivity index (χ2n) is 5.49. The van der Waals surface area contributed by atoms with E-state index in [1.54, 1.807) is 0 Å². The average Bonchev–Trinajstić information content (AvgIpc) is 2.46. The van der Waals surface area contributed by atoms with Gasteiger partial charge in [-0.3, -0.25) is 4.79 Å². The highest BCUT2D eigenvalue weighted by molar-refractivity contribution is 9.10. The lowest BCUT2D eigenvalue weighted by Crippen LogP contribution is -2.43. The van der Waals surface area contributed by atoms with Crippen molar-refractivity contribution in [3.63, 3.8) is 0 Å². The third-order valence-electron chi connectivity index (χ3n) is 3.98. The summed E-state index contributed by atoms with van der Waals surface area (Å²) < 4.78 is 6.60. The molecule has 1 N–H and O–H groups in total. The lowest BCUT2D eigenvalue weighted by atomic mass is 9.75. The third-order valence-corrected chi connectivity index (χ3v) is 4.47. The van der Waals surface area contributed by atoms with E-state index in [1.165, 1.54) is 0 Å². The van der Waals surface area contributed by atoms with Crippen LogP contribution in [-0.2, 0) is 16.1 Å². The van der Waals surface area contributed by atoms with Gasteiger partial charge in [-0.15, -0.1) is 0 Å². The Labute approximate surface area is 129 Å². The molecule has 3 nitrogen and oxygen atoms in total. The van der Waals surface area contributed by atoms with Gasteiger partial charge in [-0.1, -0.05) is 41.4 Å². The van der Waals surface area contributed by atoms with Crippen molar-refractivity contribution < 1.29 is 9.53 Å². The minimum atomic E-state index is -0.272. The highest BCUT2D eigenvalue weighted by Crippen LogP contribution is 2.35. The fourth-order valence-electron chi connectivity index (χ4n) is 2.87. The van der Waals surface area contributed by atoms with E-state index in [1.807, 2.05) is 24.3 Å². The van der Waals surface area contributed by atoms with E-state index in [0.717, 1.165) is 48.8 Å². The van der Waals surface area contributed by atoms with E-state index < -0.39 is 0 Å². The number of benzene rings is 1. The van der Waals surface area contributed by atoms with E-state index in [9.17, 15) is 4.79 Å². The Kier molecular flexibility index (Phi) is 5.61. The summed E-state index contributed by atoms with van der Waals surface area (Å²) in [6.07, 6.45) is 3.72. The number of esters is 1. The molecule has 2 rings (SSSR count). The number of hydrogen-bond acceptors (Lipinski definition) is 3. The largest absolute Gasteiger partial charge is 0.460 e. The Bertz CT molecular complexity index is 450. The Balaban J connectivity index is 1.98. The lowest BCUT2D eigenvalue weighted by molar-refractivity contribution is -0.159. The van der Waals surface area contributed by atoms with Gasteiger partial charge in [0.25, 0.3) is 0 Å². The number of piperidine rings is 1. The lowest BCUT2D eigenvalue weighted by Gasteiger charge is -2.35. The first-order chi connectivity index (χ1) is 9.66. The summed E-state index contributed by atoms with van der Waals surface area (Å²) in [7, 11) is 0. The van der Waals surface area contributed by atoms with E-state index in [0.29, 0.717) is 6.61 Å². The van der Waals surface area contributed by atoms with Crippen molar-refractivity contribution in [3.8, 4) is 0 Å². The minimum Gasteiger partial charge on any atom is -0.460 e. The van der Waals surface area contributed by atoms with E-state index in [-0.39, 0.29) is 11.4 Å². The molecule has 0 radical (unpaired) electrons. The van der Waals surface area contributed by atoms with Crippen LogP contribution in [0.4, 0.5) is 0 Å². The zero-order chi connectivity index (χ0) is 14.4. The van der Waals surface area contributed by atoms with Crippen LogP contribution < -0.4 is 5.32 Å². The maximum atomic E-state index is 12.5. The second-order valence-corrected chi connectivity index (χ2v) is 6.40. The van der Waals surface area contributed by atoms with Crippen molar-refractivity contribution >= 4 is 21.9 Å². The molecule has 0 spiro atoms. The molecule has 0 aromatic heterocycles. The van der Waals surface area contributed by atoms with Crippen LogP contribution in [0.5, 0.6) is 0 Å². The average molecular weight is 340 g/mol. The van der Waals surface area contributed by atoms with Gasteiger partial charge in [0.2, 0.25) is 0 Å². The van der Waals surface area contributed by atoms with Gasteiger partial charge >= 0.3 is 5.97 Å². The number of hydrogen-bond donors (Lipinski definition) is 1. The molecule has 20 heavy (non-hydrogen) atoms. The van der Waals surface area contributed by atoms with Gasteiger partial charge in [0.05, 0.1) is 5.41 Å². The molecular formula is C16H22BrNO2. The zero-order valence-electron chi connectivity index (χ0n) is 12.0. The quantitative estimate of drug-likeness (QED) is 0.832. The van der Waals surface area contributed by atoms with Gasteiger partial charge in [-0.05, 0) is 50.0 Å². The number of nitrogens with one attached hydrogen (secondary N) is 1. The van der Waals surface area contributed by atoms with Crippen LogP contribution in [0.2, 0.25) is 0 Å². The molecule has 1 saturated heterocycles. The monoisotopic (exact) mass is 339 g/mol. The maximum Gasteiger partial charge on any atom is 0.312 e. The molecule has 110 valence electrons. The topological polar surface area (TPSA) is 38.3 Å². The van der Waals surface area contributed by atoms with Crippen molar-refractivity contribution in [1.29, 1.82) is 0 Å². The van der Waals surface area contributed by atoms with Gasteiger partial charge < -0.3 is 10.1 Å². The minimum absolute atomic E-state index is 0.0270. The SMILES string of the molecule is CCCC1(C(=O)OCc2cccc(Br)c2)CCNCC1. The van der Waals surface area contributed by atoms with Gasteiger partial charge in [0.1, 0.15) is 6.61 Å². The molecule has 0 saturated carbocycles. The Hall–Kier alpha value is -0.870. The molecule has 1 fully saturated rings. The number of ether oxygens (including phenoxy) is 1. The Morgan fingerprint density at radius 1 is 1.40 bits per heavy atom.